The summed E-state index contributed by atoms with van der Waals surface area (Å²) < 4.78 is 17.6. The largest absolute Gasteiger partial charge is 0.454 e. The first kappa shape index (κ1) is 76.4. The lowest BCUT2D eigenvalue weighted by Gasteiger charge is -2.41. The molecular formula is C70H127NO10. The number of esters is 1. The lowest BCUT2D eigenvalue weighted by molar-refractivity contribution is -0.305. The van der Waals surface area contributed by atoms with Crippen molar-refractivity contribution in [2.75, 3.05) is 13.2 Å². The van der Waals surface area contributed by atoms with Crippen LogP contribution in [0.15, 0.2) is 60.8 Å². The molecule has 0 radical (unpaired) electrons. The summed E-state index contributed by atoms with van der Waals surface area (Å²) in [6.45, 7) is 5.67. The average molecular weight is 1140 g/mol. The fraction of sp³-hybridized carbons (Fsp3) is 0.829. The number of carbonyl (C=O) groups excluding carboxylic acids is 2. The lowest BCUT2D eigenvalue weighted by atomic mass is 9.99. The highest BCUT2D eigenvalue weighted by molar-refractivity contribution is 5.80. The number of hydrogen-bond acceptors (Lipinski definition) is 10. The smallest absolute Gasteiger partial charge is 0.306 e. The zero-order valence-electron chi connectivity index (χ0n) is 52.4. The lowest BCUT2D eigenvalue weighted by Crippen LogP contribution is -2.61. The molecule has 0 saturated carbocycles. The van der Waals surface area contributed by atoms with Crippen LogP contribution in [-0.2, 0) is 23.8 Å². The monoisotopic (exact) mass is 1140 g/mol. The normalized spacial score (nSPS) is 19.0. The molecule has 8 unspecified atom stereocenters. The predicted octanol–water partition coefficient (Wildman–Crippen LogP) is 17.0. The fourth-order valence-corrected chi connectivity index (χ4v) is 10.6. The van der Waals surface area contributed by atoms with Crippen LogP contribution in [0.2, 0.25) is 0 Å². The average Bonchev–Trinajstić information content (AvgIpc) is 3.50. The number of nitrogens with one attached hydrogen (secondary N) is 1. The Morgan fingerprint density at radius 2 is 0.901 bits per heavy atom. The first-order chi connectivity index (χ1) is 39.7. The van der Waals surface area contributed by atoms with Gasteiger partial charge in [0.1, 0.15) is 24.4 Å². The summed E-state index contributed by atoms with van der Waals surface area (Å²) in [4.78, 5) is 26.6. The number of aliphatic hydroxyl groups is 5. The van der Waals surface area contributed by atoms with E-state index in [9.17, 15) is 35.1 Å². The Balaban J connectivity index is 2.57. The highest BCUT2D eigenvalue weighted by Gasteiger charge is 2.47. The molecule has 0 spiro atoms. The standard InChI is InChI=1S/C70H127NO10/c1-4-7-10-13-16-19-22-25-26-27-28-29-30-31-32-33-34-35-36-37-40-42-45-48-51-54-57-63(74)69(78)71-61(62(73)56-53-50-47-44-41-38-23-20-17-14-11-8-5-2)60-79-70-68(67(77)66(76)64(59-72)80-70)81-65(75)58-55-52-49-46-43-39-24-21-18-15-12-9-6-3/h9,12,15,18,21,24-26,53,56,61-64,66-68,70,72-74,76-77H,4-8,10-11,13-14,16-17,19-20,22-23,27-52,54-55,57-60H2,1-3H3,(H,71,78)/b12-9+,18-15+,24-21-,26-25+,56-53+. The van der Waals surface area contributed by atoms with Crippen LogP contribution in [0.5, 0.6) is 0 Å². The second-order valence-electron chi connectivity index (χ2n) is 23.6. The Morgan fingerprint density at radius 3 is 1.36 bits per heavy atom. The van der Waals surface area contributed by atoms with Crippen molar-refractivity contribution in [3.63, 3.8) is 0 Å². The quantitative estimate of drug-likeness (QED) is 0.0149. The molecule has 0 aromatic heterocycles. The van der Waals surface area contributed by atoms with Gasteiger partial charge in [0, 0.05) is 6.42 Å². The highest BCUT2D eigenvalue weighted by Crippen LogP contribution is 2.26. The Hall–Kier alpha value is -2.64. The van der Waals surface area contributed by atoms with Crippen LogP contribution in [-0.4, -0.2) is 99.6 Å². The van der Waals surface area contributed by atoms with Gasteiger partial charge in [-0.3, -0.25) is 9.59 Å². The van der Waals surface area contributed by atoms with E-state index in [1.54, 1.807) is 6.08 Å². The van der Waals surface area contributed by atoms with Crippen molar-refractivity contribution >= 4 is 11.9 Å². The molecule has 81 heavy (non-hydrogen) atoms. The summed E-state index contributed by atoms with van der Waals surface area (Å²) in [6.07, 6.45) is 62.8. The molecule has 0 aromatic carbocycles. The van der Waals surface area contributed by atoms with Gasteiger partial charge in [0.15, 0.2) is 12.4 Å². The number of ether oxygens (including phenoxy) is 3. The topological polar surface area (TPSA) is 175 Å². The second-order valence-corrected chi connectivity index (χ2v) is 23.6. The van der Waals surface area contributed by atoms with E-state index < -0.39 is 67.4 Å². The van der Waals surface area contributed by atoms with E-state index in [-0.39, 0.29) is 13.0 Å². The molecule has 11 heteroatoms. The van der Waals surface area contributed by atoms with Crippen molar-refractivity contribution in [1.29, 1.82) is 0 Å². The number of rotatable bonds is 58. The summed E-state index contributed by atoms with van der Waals surface area (Å²) in [7, 11) is 0. The molecule has 1 saturated heterocycles. The predicted molar refractivity (Wildman–Crippen MR) is 338 cm³/mol. The van der Waals surface area contributed by atoms with Gasteiger partial charge in [-0.2, -0.15) is 0 Å². The van der Waals surface area contributed by atoms with Crippen molar-refractivity contribution in [2.24, 2.45) is 0 Å². The maximum atomic E-state index is 13.5. The summed E-state index contributed by atoms with van der Waals surface area (Å²) >= 11 is 0. The minimum Gasteiger partial charge on any atom is -0.454 e. The van der Waals surface area contributed by atoms with E-state index in [1.165, 1.54) is 186 Å². The van der Waals surface area contributed by atoms with E-state index >= 15 is 0 Å². The van der Waals surface area contributed by atoms with E-state index in [1.807, 2.05) is 24.3 Å². The molecule has 1 fully saturated rings. The molecular weight excluding hydrogens is 1010 g/mol. The molecule has 1 aliphatic heterocycles. The number of aliphatic hydroxyl groups excluding tert-OH is 5. The van der Waals surface area contributed by atoms with Crippen LogP contribution < -0.4 is 5.32 Å². The third-order valence-electron chi connectivity index (χ3n) is 16.0. The van der Waals surface area contributed by atoms with Crippen LogP contribution in [0.25, 0.3) is 0 Å². The maximum absolute atomic E-state index is 13.5. The maximum Gasteiger partial charge on any atom is 0.306 e. The van der Waals surface area contributed by atoms with Gasteiger partial charge in [-0.25, -0.2) is 0 Å². The third-order valence-corrected chi connectivity index (χ3v) is 16.0. The number of unbranched alkanes of at least 4 members (excludes halogenated alkanes) is 38. The van der Waals surface area contributed by atoms with E-state index in [2.05, 4.69) is 56.5 Å². The molecule has 1 rings (SSSR count). The van der Waals surface area contributed by atoms with Crippen LogP contribution in [0.3, 0.4) is 0 Å². The van der Waals surface area contributed by atoms with Crippen LogP contribution in [0.1, 0.15) is 310 Å². The Labute approximate surface area is 497 Å². The summed E-state index contributed by atoms with van der Waals surface area (Å²) in [5, 5.41) is 57.1. The number of amides is 1. The zero-order valence-corrected chi connectivity index (χ0v) is 52.4. The van der Waals surface area contributed by atoms with Gasteiger partial charge in [0.2, 0.25) is 5.91 Å². The van der Waals surface area contributed by atoms with Crippen LogP contribution in [0.4, 0.5) is 0 Å². The zero-order chi connectivity index (χ0) is 58.9. The number of hydrogen-bond donors (Lipinski definition) is 6. The van der Waals surface area contributed by atoms with Crippen molar-refractivity contribution in [2.45, 2.75) is 359 Å². The van der Waals surface area contributed by atoms with Crippen LogP contribution in [0, 0.1) is 0 Å². The van der Waals surface area contributed by atoms with E-state index in [4.69, 9.17) is 14.2 Å². The first-order valence-electron chi connectivity index (χ1n) is 34.1. The van der Waals surface area contributed by atoms with E-state index in [0.717, 1.165) is 77.0 Å². The molecule has 1 amide bonds. The summed E-state index contributed by atoms with van der Waals surface area (Å²) in [6, 6.07) is -1.03. The molecule has 1 aliphatic rings. The highest BCUT2D eigenvalue weighted by atomic mass is 16.7. The summed E-state index contributed by atoms with van der Waals surface area (Å²) in [5.41, 5.74) is 0. The van der Waals surface area contributed by atoms with Crippen molar-refractivity contribution in [1.82, 2.24) is 5.32 Å². The minimum atomic E-state index is -1.62. The molecule has 8 atom stereocenters. The molecule has 0 aromatic rings. The number of allylic oxidation sites excluding steroid dienone is 9. The minimum absolute atomic E-state index is 0.100. The molecule has 11 nitrogen and oxygen atoms in total. The molecule has 1 heterocycles. The SMILES string of the molecule is CC/C=C/C=C/C=C\CCCCCCCC(=O)OC1C(OCC(NC(=O)C(O)CCCCCCCCCCCCCCCCCC/C=C/CCCCCCCC)C(O)/C=C/CCCCCCCCCCCCC)OC(CO)C(O)C1O. The van der Waals surface area contributed by atoms with Gasteiger partial charge < -0.3 is 45.1 Å². The Bertz CT molecular complexity index is 1550. The van der Waals surface area contributed by atoms with Gasteiger partial charge in [0.25, 0.3) is 0 Å². The number of carbonyl (C=O) groups is 2. The second kappa shape index (κ2) is 57.8. The van der Waals surface area contributed by atoms with Crippen molar-refractivity contribution in [3.05, 3.63) is 60.8 Å². The van der Waals surface area contributed by atoms with Gasteiger partial charge in [-0.15, -0.1) is 0 Å². The van der Waals surface area contributed by atoms with Gasteiger partial charge in [-0.1, -0.05) is 293 Å². The summed E-state index contributed by atoms with van der Waals surface area (Å²) in [5.74, 6) is -1.21. The van der Waals surface area contributed by atoms with E-state index in [0.29, 0.717) is 19.3 Å². The van der Waals surface area contributed by atoms with Gasteiger partial charge >= 0.3 is 5.97 Å². The fourth-order valence-electron chi connectivity index (χ4n) is 10.6. The third kappa shape index (κ3) is 45.4. The van der Waals surface area contributed by atoms with Crippen molar-refractivity contribution in [3.8, 4) is 0 Å². The van der Waals surface area contributed by atoms with Crippen LogP contribution >= 0.6 is 0 Å². The molecule has 0 aliphatic carbocycles. The first-order valence-corrected chi connectivity index (χ1v) is 34.1. The van der Waals surface area contributed by atoms with Crippen molar-refractivity contribution < 1.29 is 49.3 Å². The Morgan fingerprint density at radius 1 is 0.494 bits per heavy atom. The molecule has 6 N–H and O–H groups in total. The molecule has 0 bridgehead atoms. The molecule has 472 valence electrons. The van der Waals surface area contributed by atoms with Gasteiger partial charge in [0.05, 0.1) is 25.4 Å². The van der Waals surface area contributed by atoms with Gasteiger partial charge in [-0.05, 0) is 70.6 Å². The Kier molecular flexibility index (Phi) is 54.5.